The van der Waals surface area contributed by atoms with Crippen LogP contribution in [0.4, 0.5) is 0 Å². The number of nitrogens with one attached hydrogen (secondary N) is 1. The normalized spacial score (nSPS) is 21.5. The van der Waals surface area contributed by atoms with Gasteiger partial charge in [0.05, 0.1) is 0 Å². The molecular weight excluding hydrogens is 160 g/mol. The molecule has 0 aromatic rings. The first-order valence-electron chi connectivity index (χ1n) is 5.68. The van der Waals surface area contributed by atoms with E-state index in [2.05, 4.69) is 31.0 Å². The van der Waals surface area contributed by atoms with Gasteiger partial charge in [-0.1, -0.05) is 13.8 Å². The fourth-order valence-corrected chi connectivity index (χ4v) is 2.08. The lowest BCUT2D eigenvalue weighted by Gasteiger charge is -2.39. The van der Waals surface area contributed by atoms with E-state index in [0.717, 1.165) is 6.54 Å². The zero-order valence-electron chi connectivity index (χ0n) is 9.40. The van der Waals surface area contributed by atoms with Gasteiger partial charge < -0.3 is 5.32 Å². The molecule has 2 nitrogen and oxygen atoms in total. The van der Waals surface area contributed by atoms with Crippen LogP contribution in [0.1, 0.15) is 40.0 Å². The first kappa shape index (κ1) is 11.0. The summed E-state index contributed by atoms with van der Waals surface area (Å²) in [5.41, 5.74) is 0.437. The van der Waals surface area contributed by atoms with Gasteiger partial charge in [-0.05, 0) is 39.3 Å². The summed E-state index contributed by atoms with van der Waals surface area (Å²) in [5, 5.41) is 3.46. The minimum absolute atomic E-state index is 0.437. The van der Waals surface area contributed by atoms with Crippen molar-refractivity contribution in [3.05, 3.63) is 0 Å². The van der Waals surface area contributed by atoms with E-state index >= 15 is 0 Å². The minimum Gasteiger partial charge on any atom is -0.315 e. The van der Waals surface area contributed by atoms with Crippen LogP contribution in [0.3, 0.4) is 0 Å². The van der Waals surface area contributed by atoms with Gasteiger partial charge in [-0.15, -0.1) is 0 Å². The summed E-state index contributed by atoms with van der Waals surface area (Å²) in [6.45, 7) is 11.9. The van der Waals surface area contributed by atoms with E-state index in [9.17, 15) is 0 Å². The average molecular weight is 184 g/mol. The number of hydrogen-bond donors (Lipinski definition) is 1. The third kappa shape index (κ3) is 2.68. The van der Waals surface area contributed by atoms with Crippen molar-refractivity contribution < 1.29 is 0 Å². The van der Waals surface area contributed by atoms with Gasteiger partial charge in [0.15, 0.2) is 0 Å². The maximum Gasteiger partial charge on any atom is 0.0176 e. The third-order valence-electron chi connectivity index (χ3n) is 3.63. The summed E-state index contributed by atoms with van der Waals surface area (Å²) in [7, 11) is 0. The standard InChI is InChI=1S/C11H24N2/c1-4-11(3,5-2)13-9-6-7-12-8-10-13/h12H,4-10H2,1-3H3. The van der Waals surface area contributed by atoms with Crippen LogP contribution in [-0.2, 0) is 0 Å². The Kier molecular flexibility index (Phi) is 4.20. The summed E-state index contributed by atoms with van der Waals surface area (Å²) < 4.78 is 0. The summed E-state index contributed by atoms with van der Waals surface area (Å²) in [5.74, 6) is 0. The lowest BCUT2D eigenvalue weighted by Crippen LogP contribution is -2.47. The van der Waals surface area contributed by atoms with Gasteiger partial charge in [-0.2, -0.15) is 0 Å². The Labute approximate surface area is 82.7 Å². The molecule has 0 amide bonds. The van der Waals surface area contributed by atoms with Crippen molar-refractivity contribution >= 4 is 0 Å². The second kappa shape index (κ2) is 4.97. The summed E-state index contributed by atoms with van der Waals surface area (Å²) >= 11 is 0. The molecule has 1 aliphatic heterocycles. The van der Waals surface area contributed by atoms with Gasteiger partial charge >= 0.3 is 0 Å². The molecule has 1 heterocycles. The van der Waals surface area contributed by atoms with Crippen molar-refractivity contribution in [1.29, 1.82) is 0 Å². The van der Waals surface area contributed by atoms with Crippen LogP contribution in [0.15, 0.2) is 0 Å². The second-order valence-corrected chi connectivity index (χ2v) is 4.29. The molecule has 13 heavy (non-hydrogen) atoms. The average Bonchev–Trinajstić information content (AvgIpc) is 2.45. The predicted octanol–water partition coefficient (Wildman–Crippen LogP) is 1.86. The minimum atomic E-state index is 0.437. The smallest absolute Gasteiger partial charge is 0.0176 e. The highest BCUT2D eigenvalue weighted by Crippen LogP contribution is 2.23. The number of hydrogen-bond acceptors (Lipinski definition) is 2. The highest BCUT2D eigenvalue weighted by molar-refractivity contribution is 4.85. The molecule has 0 aromatic heterocycles. The van der Waals surface area contributed by atoms with Crippen molar-refractivity contribution in [1.82, 2.24) is 10.2 Å². The van der Waals surface area contributed by atoms with Crippen molar-refractivity contribution in [2.75, 3.05) is 26.2 Å². The molecule has 0 spiro atoms. The number of nitrogens with zero attached hydrogens (tertiary/aromatic N) is 1. The van der Waals surface area contributed by atoms with Crippen LogP contribution < -0.4 is 5.32 Å². The van der Waals surface area contributed by atoms with Crippen LogP contribution >= 0.6 is 0 Å². The largest absolute Gasteiger partial charge is 0.315 e. The molecule has 0 saturated carbocycles. The monoisotopic (exact) mass is 184 g/mol. The highest BCUT2D eigenvalue weighted by Gasteiger charge is 2.27. The molecule has 0 aromatic carbocycles. The van der Waals surface area contributed by atoms with Gasteiger partial charge in [-0.3, -0.25) is 4.90 Å². The summed E-state index contributed by atoms with van der Waals surface area (Å²) in [6.07, 6.45) is 3.84. The van der Waals surface area contributed by atoms with Crippen molar-refractivity contribution in [3.63, 3.8) is 0 Å². The molecule has 0 bridgehead atoms. The lowest BCUT2D eigenvalue weighted by atomic mass is 9.93. The van der Waals surface area contributed by atoms with Gasteiger partial charge in [-0.25, -0.2) is 0 Å². The molecule has 0 aliphatic carbocycles. The van der Waals surface area contributed by atoms with E-state index in [4.69, 9.17) is 0 Å². The fourth-order valence-electron chi connectivity index (χ4n) is 2.08. The first-order chi connectivity index (χ1) is 6.23. The molecule has 1 fully saturated rings. The maximum absolute atomic E-state index is 3.46. The van der Waals surface area contributed by atoms with E-state index in [-0.39, 0.29) is 0 Å². The lowest BCUT2D eigenvalue weighted by molar-refractivity contribution is 0.103. The van der Waals surface area contributed by atoms with Gasteiger partial charge in [0.1, 0.15) is 0 Å². The maximum atomic E-state index is 3.46. The quantitative estimate of drug-likeness (QED) is 0.720. The molecule has 1 saturated heterocycles. The molecular formula is C11H24N2. The molecule has 1 aliphatic rings. The van der Waals surface area contributed by atoms with E-state index in [0.29, 0.717) is 5.54 Å². The third-order valence-corrected chi connectivity index (χ3v) is 3.63. The predicted molar refractivity (Wildman–Crippen MR) is 58.0 cm³/mol. The SMILES string of the molecule is CCC(C)(CC)N1CCCNCC1. The fraction of sp³-hybridized carbons (Fsp3) is 1.00. The van der Waals surface area contributed by atoms with Crippen molar-refractivity contribution in [2.45, 2.75) is 45.6 Å². The highest BCUT2D eigenvalue weighted by atomic mass is 15.2. The first-order valence-corrected chi connectivity index (χ1v) is 5.68. The van der Waals surface area contributed by atoms with Crippen LogP contribution in [0.5, 0.6) is 0 Å². The van der Waals surface area contributed by atoms with E-state index in [1.54, 1.807) is 0 Å². The Morgan fingerprint density at radius 1 is 1.15 bits per heavy atom. The van der Waals surface area contributed by atoms with Gasteiger partial charge in [0, 0.05) is 18.6 Å². The zero-order chi connectivity index (χ0) is 9.73. The summed E-state index contributed by atoms with van der Waals surface area (Å²) in [4.78, 5) is 2.66. The summed E-state index contributed by atoms with van der Waals surface area (Å²) in [6, 6.07) is 0. The molecule has 78 valence electrons. The topological polar surface area (TPSA) is 15.3 Å². The molecule has 0 atom stereocenters. The second-order valence-electron chi connectivity index (χ2n) is 4.29. The molecule has 2 heteroatoms. The molecule has 1 rings (SSSR count). The Hall–Kier alpha value is -0.0800. The Balaban J connectivity index is 2.55. The van der Waals surface area contributed by atoms with Crippen LogP contribution in [0, 0.1) is 0 Å². The van der Waals surface area contributed by atoms with Crippen LogP contribution in [0.2, 0.25) is 0 Å². The van der Waals surface area contributed by atoms with Gasteiger partial charge in [0.25, 0.3) is 0 Å². The van der Waals surface area contributed by atoms with Crippen molar-refractivity contribution in [3.8, 4) is 0 Å². The zero-order valence-corrected chi connectivity index (χ0v) is 9.40. The Morgan fingerprint density at radius 3 is 2.46 bits per heavy atom. The molecule has 1 N–H and O–H groups in total. The van der Waals surface area contributed by atoms with Gasteiger partial charge in [0.2, 0.25) is 0 Å². The van der Waals surface area contributed by atoms with E-state index in [1.165, 1.54) is 38.9 Å². The van der Waals surface area contributed by atoms with E-state index in [1.807, 2.05) is 0 Å². The van der Waals surface area contributed by atoms with Crippen molar-refractivity contribution in [2.24, 2.45) is 0 Å². The molecule has 0 unspecified atom stereocenters. The van der Waals surface area contributed by atoms with Crippen LogP contribution in [-0.4, -0.2) is 36.6 Å². The Bertz CT molecular complexity index is 133. The van der Waals surface area contributed by atoms with E-state index < -0.39 is 0 Å². The van der Waals surface area contributed by atoms with Crippen LogP contribution in [0.25, 0.3) is 0 Å². The molecule has 0 radical (unpaired) electrons. The Morgan fingerprint density at radius 2 is 1.85 bits per heavy atom. The number of rotatable bonds is 3.